The summed E-state index contributed by atoms with van der Waals surface area (Å²) in [6.07, 6.45) is -0.648. The average Bonchev–Trinajstić information content (AvgIpc) is 2.72. The van der Waals surface area contributed by atoms with Crippen molar-refractivity contribution in [1.82, 2.24) is 4.98 Å². The van der Waals surface area contributed by atoms with Crippen LogP contribution in [0, 0.1) is 0 Å². The highest BCUT2D eigenvalue weighted by atomic mass is 35.5. The molecule has 0 radical (unpaired) electrons. The maximum atomic E-state index is 11.0. The Hall–Kier alpha value is -1.95. The van der Waals surface area contributed by atoms with E-state index in [-0.39, 0.29) is 5.56 Å². The Kier molecular flexibility index (Phi) is 3.17. The topological polar surface area (TPSA) is 73.7 Å². The number of aromatic nitrogens is 1. The van der Waals surface area contributed by atoms with Crippen molar-refractivity contribution in [3.05, 3.63) is 59.3 Å². The van der Waals surface area contributed by atoms with Crippen molar-refractivity contribution in [2.45, 2.75) is 12.5 Å². The number of benzene rings is 1. The molecular formula is C14H11ClN2O3. The highest BCUT2D eigenvalue weighted by Gasteiger charge is 2.36. The minimum atomic E-state index is -0.980. The van der Waals surface area contributed by atoms with Crippen LogP contribution >= 0.6 is 11.6 Å². The fraction of sp³-hybridized carbons (Fsp3) is 0.143. The monoisotopic (exact) mass is 290 g/mol. The molecule has 2 unspecified atom stereocenters. The third-order valence-electron chi connectivity index (χ3n) is 3.32. The van der Waals surface area contributed by atoms with Crippen molar-refractivity contribution in [3.8, 4) is 0 Å². The number of hydrogen-bond donors (Lipinski definition) is 2. The number of pyridine rings is 1. The number of halogens is 1. The zero-order valence-electron chi connectivity index (χ0n) is 10.3. The maximum Gasteiger partial charge on any atom is 0.253 e. The molecule has 2 atom stereocenters. The zero-order chi connectivity index (χ0) is 14.3. The fourth-order valence-corrected chi connectivity index (χ4v) is 2.43. The Morgan fingerprint density at radius 2 is 1.70 bits per heavy atom. The summed E-state index contributed by atoms with van der Waals surface area (Å²) < 4.78 is 0. The van der Waals surface area contributed by atoms with Crippen LogP contribution in [-0.4, -0.2) is 20.4 Å². The van der Waals surface area contributed by atoms with E-state index in [1.807, 2.05) is 0 Å². The molecule has 0 spiro atoms. The Balaban J connectivity index is 1.98. The minimum absolute atomic E-state index is 0.260. The molecule has 2 aromatic rings. The first-order valence-corrected chi connectivity index (χ1v) is 6.36. The molecule has 0 aliphatic carbocycles. The van der Waals surface area contributed by atoms with Crippen molar-refractivity contribution < 1.29 is 15.0 Å². The van der Waals surface area contributed by atoms with E-state index in [0.29, 0.717) is 16.9 Å². The van der Waals surface area contributed by atoms with Gasteiger partial charge < -0.3 is 10.2 Å². The highest BCUT2D eigenvalue weighted by molar-refractivity contribution is 6.67. The van der Waals surface area contributed by atoms with E-state index < -0.39 is 17.7 Å². The van der Waals surface area contributed by atoms with Gasteiger partial charge in [-0.05, 0) is 23.7 Å². The molecule has 6 heteroatoms. The molecule has 0 bridgehead atoms. The van der Waals surface area contributed by atoms with Crippen LogP contribution in [0.1, 0.15) is 33.9 Å². The Labute approximate surface area is 120 Å². The number of anilines is 1. The summed E-state index contributed by atoms with van der Waals surface area (Å²) in [4.78, 5) is 16.4. The average molecular weight is 291 g/mol. The summed E-state index contributed by atoms with van der Waals surface area (Å²) >= 11 is 5.35. The number of fused-ring (bicyclic) bond motifs is 1. The lowest BCUT2D eigenvalue weighted by Gasteiger charge is -2.25. The lowest BCUT2D eigenvalue weighted by atomic mass is 10.1. The molecule has 1 aliphatic rings. The normalized spacial score (nSPS) is 20.9. The molecule has 1 aromatic heterocycles. The molecule has 1 aliphatic heterocycles. The summed E-state index contributed by atoms with van der Waals surface area (Å²) in [6.45, 7) is 0. The van der Waals surface area contributed by atoms with Crippen molar-refractivity contribution in [3.63, 3.8) is 0 Å². The number of carbonyl (C=O) groups excluding carboxylic acids is 1. The third-order valence-corrected chi connectivity index (χ3v) is 3.54. The van der Waals surface area contributed by atoms with Gasteiger partial charge in [0.05, 0.1) is 5.56 Å². The van der Waals surface area contributed by atoms with Crippen molar-refractivity contribution in [2.24, 2.45) is 0 Å². The second-order valence-electron chi connectivity index (χ2n) is 4.46. The van der Waals surface area contributed by atoms with Gasteiger partial charge in [-0.15, -0.1) is 0 Å². The van der Waals surface area contributed by atoms with Gasteiger partial charge in [0.25, 0.3) is 5.24 Å². The SMILES string of the molecule is O=C(Cl)c1ccc(N2C(O)c3ccccc3C2O)nc1. The van der Waals surface area contributed by atoms with Crippen LogP contribution in [-0.2, 0) is 0 Å². The van der Waals surface area contributed by atoms with Gasteiger partial charge >= 0.3 is 0 Å². The van der Waals surface area contributed by atoms with Gasteiger partial charge in [0.1, 0.15) is 5.82 Å². The molecule has 0 fully saturated rings. The zero-order valence-corrected chi connectivity index (χ0v) is 11.0. The highest BCUT2D eigenvalue weighted by Crippen LogP contribution is 2.41. The van der Waals surface area contributed by atoms with Crippen molar-refractivity contribution in [1.29, 1.82) is 0 Å². The molecule has 0 amide bonds. The molecule has 20 heavy (non-hydrogen) atoms. The first-order valence-electron chi connectivity index (χ1n) is 5.99. The van der Waals surface area contributed by atoms with Crippen LogP contribution in [0.5, 0.6) is 0 Å². The minimum Gasteiger partial charge on any atom is -0.369 e. The fourth-order valence-electron chi connectivity index (χ4n) is 2.32. The number of nitrogens with zero attached hydrogens (tertiary/aromatic N) is 2. The van der Waals surface area contributed by atoms with Gasteiger partial charge in [-0.3, -0.25) is 9.69 Å². The molecule has 102 valence electrons. The molecule has 2 N–H and O–H groups in total. The predicted molar refractivity (Wildman–Crippen MR) is 73.3 cm³/mol. The molecule has 2 heterocycles. The van der Waals surface area contributed by atoms with Gasteiger partial charge in [-0.1, -0.05) is 24.3 Å². The van der Waals surface area contributed by atoms with Crippen LogP contribution in [0.4, 0.5) is 5.82 Å². The van der Waals surface area contributed by atoms with E-state index in [1.165, 1.54) is 23.2 Å². The van der Waals surface area contributed by atoms with E-state index >= 15 is 0 Å². The Morgan fingerprint density at radius 3 is 2.15 bits per heavy atom. The molecule has 1 aromatic carbocycles. The van der Waals surface area contributed by atoms with Gasteiger partial charge in [-0.2, -0.15) is 0 Å². The first-order chi connectivity index (χ1) is 9.59. The number of hydrogen-bond acceptors (Lipinski definition) is 5. The Morgan fingerprint density at radius 1 is 1.10 bits per heavy atom. The molecule has 5 nitrogen and oxygen atoms in total. The van der Waals surface area contributed by atoms with Crippen LogP contribution in [0.15, 0.2) is 42.6 Å². The van der Waals surface area contributed by atoms with Gasteiger partial charge in [0.15, 0.2) is 12.5 Å². The van der Waals surface area contributed by atoms with Crippen LogP contribution in [0.2, 0.25) is 0 Å². The van der Waals surface area contributed by atoms with Crippen molar-refractivity contribution in [2.75, 3.05) is 4.90 Å². The largest absolute Gasteiger partial charge is 0.369 e. The van der Waals surface area contributed by atoms with Gasteiger partial charge in [0, 0.05) is 17.3 Å². The second kappa shape index (κ2) is 4.86. The molecule has 0 saturated carbocycles. The number of aliphatic hydroxyl groups is 2. The van der Waals surface area contributed by atoms with E-state index in [2.05, 4.69) is 4.98 Å². The smallest absolute Gasteiger partial charge is 0.253 e. The lowest BCUT2D eigenvalue weighted by molar-refractivity contribution is 0.108. The number of rotatable bonds is 2. The lowest BCUT2D eigenvalue weighted by Crippen LogP contribution is -2.26. The summed E-state index contributed by atoms with van der Waals surface area (Å²) in [5, 5.41) is 20.0. The van der Waals surface area contributed by atoms with Crippen LogP contribution in [0.25, 0.3) is 0 Å². The van der Waals surface area contributed by atoms with Gasteiger partial charge in [0.2, 0.25) is 0 Å². The second-order valence-corrected chi connectivity index (χ2v) is 4.81. The summed E-state index contributed by atoms with van der Waals surface area (Å²) in [6, 6.07) is 10.1. The predicted octanol–water partition coefficient (Wildman–Crippen LogP) is 1.96. The van der Waals surface area contributed by atoms with E-state index in [4.69, 9.17) is 11.6 Å². The maximum absolute atomic E-state index is 11.0. The molecule has 0 saturated heterocycles. The summed E-state index contributed by atoms with van der Waals surface area (Å²) in [5.74, 6) is 0.364. The van der Waals surface area contributed by atoms with E-state index in [1.54, 1.807) is 24.3 Å². The van der Waals surface area contributed by atoms with E-state index in [0.717, 1.165) is 0 Å². The summed E-state index contributed by atoms with van der Waals surface area (Å²) in [5.41, 5.74) is 1.54. The quantitative estimate of drug-likeness (QED) is 0.827. The van der Waals surface area contributed by atoms with E-state index in [9.17, 15) is 15.0 Å². The molecular weight excluding hydrogens is 280 g/mol. The van der Waals surface area contributed by atoms with Crippen LogP contribution < -0.4 is 4.90 Å². The summed E-state index contributed by atoms with van der Waals surface area (Å²) in [7, 11) is 0. The van der Waals surface area contributed by atoms with Crippen LogP contribution in [0.3, 0.4) is 0 Å². The standard InChI is InChI=1S/C14H11ClN2O3/c15-12(18)8-5-6-11(16-7-8)17-13(19)9-3-1-2-4-10(9)14(17)20/h1-7,13-14,19-20H. The molecule has 3 rings (SSSR count). The number of aliphatic hydroxyl groups excluding tert-OH is 2. The van der Waals surface area contributed by atoms with Crippen molar-refractivity contribution >= 4 is 22.7 Å². The number of carbonyl (C=O) groups is 1. The Bertz CT molecular complexity index is 631. The first kappa shape index (κ1) is 13.1. The van der Waals surface area contributed by atoms with Gasteiger partial charge in [-0.25, -0.2) is 4.98 Å². The third kappa shape index (κ3) is 1.96.